The van der Waals surface area contributed by atoms with E-state index in [9.17, 15) is 13.2 Å². The second kappa shape index (κ2) is 7.91. The minimum atomic E-state index is -3.80. The molecule has 2 aromatic rings. The molecule has 1 fully saturated rings. The van der Waals surface area contributed by atoms with Crippen LogP contribution in [0, 0.1) is 17.2 Å². The van der Waals surface area contributed by atoms with Gasteiger partial charge in [-0.3, -0.25) is 4.79 Å². The Balaban J connectivity index is 1.68. The number of carbonyl (C=O) groups is 1. The highest BCUT2D eigenvalue weighted by atomic mass is 32.2. The van der Waals surface area contributed by atoms with Crippen LogP contribution in [-0.2, 0) is 14.8 Å². The summed E-state index contributed by atoms with van der Waals surface area (Å²) in [6.45, 7) is -0.265. The Morgan fingerprint density at radius 3 is 2.37 bits per heavy atom. The lowest BCUT2D eigenvalue weighted by Crippen LogP contribution is -2.40. The van der Waals surface area contributed by atoms with Crippen molar-refractivity contribution in [2.45, 2.75) is 23.8 Å². The van der Waals surface area contributed by atoms with Gasteiger partial charge in [-0.2, -0.15) is 9.57 Å². The van der Waals surface area contributed by atoms with Gasteiger partial charge in [0.05, 0.1) is 29.1 Å². The highest BCUT2D eigenvalue weighted by Gasteiger charge is 2.34. The summed E-state index contributed by atoms with van der Waals surface area (Å²) in [4.78, 5) is 12.5. The van der Waals surface area contributed by atoms with Crippen LogP contribution in [0.2, 0.25) is 0 Å². The number of amides is 1. The highest BCUT2D eigenvalue weighted by molar-refractivity contribution is 7.89. The Labute approximate surface area is 159 Å². The molecule has 0 saturated heterocycles. The van der Waals surface area contributed by atoms with Gasteiger partial charge in [-0.15, -0.1) is 0 Å². The molecule has 2 aromatic carbocycles. The summed E-state index contributed by atoms with van der Waals surface area (Å²) in [5.41, 5.74) is 1.41. The van der Waals surface area contributed by atoms with Crippen molar-refractivity contribution in [1.82, 2.24) is 9.62 Å². The van der Waals surface area contributed by atoms with Crippen LogP contribution in [0.5, 0.6) is 0 Å². The number of nitrogens with one attached hydrogen (secondary N) is 1. The van der Waals surface area contributed by atoms with Crippen molar-refractivity contribution in [3.8, 4) is 6.07 Å². The first kappa shape index (κ1) is 19.1. The summed E-state index contributed by atoms with van der Waals surface area (Å²) in [7, 11) is -2.42. The fourth-order valence-corrected chi connectivity index (χ4v) is 4.08. The van der Waals surface area contributed by atoms with Crippen molar-refractivity contribution >= 4 is 15.9 Å². The largest absolute Gasteiger partial charge is 0.348 e. The van der Waals surface area contributed by atoms with Crippen LogP contribution >= 0.6 is 0 Å². The molecule has 3 rings (SSSR count). The minimum Gasteiger partial charge on any atom is -0.348 e. The molecule has 0 spiro atoms. The van der Waals surface area contributed by atoms with Crippen molar-refractivity contribution in [3.05, 3.63) is 65.7 Å². The van der Waals surface area contributed by atoms with Gasteiger partial charge < -0.3 is 5.32 Å². The smallest absolute Gasteiger partial charge is 0.243 e. The Bertz CT molecular complexity index is 946. The predicted molar refractivity (Wildman–Crippen MR) is 101 cm³/mol. The van der Waals surface area contributed by atoms with E-state index in [1.165, 1.54) is 31.3 Å². The summed E-state index contributed by atoms with van der Waals surface area (Å²) < 4.78 is 26.3. The van der Waals surface area contributed by atoms with Gasteiger partial charge in [-0.25, -0.2) is 8.42 Å². The van der Waals surface area contributed by atoms with Gasteiger partial charge in [-0.1, -0.05) is 30.3 Å². The van der Waals surface area contributed by atoms with Crippen molar-refractivity contribution in [1.29, 1.82) is 5.26 Å². The van der Waals surface area contributed by atoms with Gasteiger partial charge >= 0.3 is 0 Å². The maximum atomic E-state index is 12.6. The van der Waals surface area contributed by atoms with E-state index in [2.05, 4.69) is 5.32 Å². The molecule has 0 aromatic heterocycles. The maximum Gasteiger partial charge on any atom is 0.243 e. The minimum absolute atomic E-state index is 0.0543. The Kier molecular flexibility index (Phi) is 5.59. The number of nitrogens with zero attached hydrogens (tertiary/aromatic N) is 2. The summed E-state index contributed by atoms with van der Waals surface area (Å²) in [6, 6.07) is 17.2. The lowest BCUT2D eigenvalue weighted by molar-refractivity contribution is -0.122. The monoisotopic (exact) mass is 383 g/mol. The zero-order chi connectivity index (χ0) is 19.4. The molecule has 0 heterocycles. The molecule has 1 aliphatic carbocycles. The van der Waals surface area contributed by atoms with E-state index < -0.39 is 10.0 Å². The lowest BCUT2D eigenvalue weighted by atomic mass is 10.0. The quantitative estimate of drug-likeness (QED) is 0.795. The first-order valence-electron chi connectivity index (χ1n) is 8.72. The first-order valence-corrected chi connectivity index (χ1v) is 10.2. The van der Waals surface area contributed by atoms with Gasteiger partial charge in [-0.05, 0) is 48.6 Å². The van der Waals surface area contributed by atoms with E-state index >= 15 is 0 Å². The standard InChI is InChI=1S/C20H21N3O3S/c1-23(27(25,26)18-11-7-15(13-21)8-12-18)14-19(24)22-20(17-9-10-17)16-5-3-2-4-6-16/h2-8,11-12,17,20H,9-10,14H2,1H3,(H,22,24)/t20-/m0/s1. The molecule has 1 amide bonds. The summed E-state index contributed by atoms with van der Waals surface area (Å²) in [6.07, 6.45) is 2.11. The molecule has 0 bridgehead atoms. The van der Waals surface area contributed by atoms with E-state index in [4.69, 9.17) is 5.26 Å². The third kappa shape index (κ3) is 4.54. The summed E-state index contributed by atoms with van der Waals surface area (Å²) >= 11 is 0. The van der Waals surface area contributed by atoms with Crippen LogP contribution in [-0.4, -0.2) is 32.2 Å². The molecule has 0 radical (unpaired) electrons. The molecule has 1 saturated carbocycles. The van der Waals surface area contributed by atoms with E-state index in [1.54, 1.807) is 0 Å². The van der Waals surface area contributed by atoms with E-state index in [1.807, 2.05) is 36.4 Å². The predicted octanol–water partition coefficient (Wildman–Crippen LogP) is 2.45. The van der Waals surface area contributed by atoms with E-state index in [-0.39, 0.29) is 23.4 Å². The number of rotatable bonds is 7. The van der Waals surface area contributed by atoms with Crippen molar-refractivity contribution in [2.75, 3.05) is 13.6 Å². The number of benzene rings is 2. The van der Waals surface area contributed by atoms with Crippen LogP contribution in [0.4, 0.5) is 0 Å². The van der Waals surface area contributed by atoms with Gasteiger partial charge in [0, 0.05) is 7.05 Å². The van der Waals surface area contributed by atoms with Gasteiger partial charge in [0.15, 0.2) is 0 Å². The molecule has 1 N–H and O–H groups in total. The normalized spacial score (nSPS) is 15.1. The molecule has 0 aliphatic heterocycles. The van der Waals surface area contributed by atoms with Crippen molar-refractivity contribution < 1.29 is 13.2 Å². The molecule has 1 atom stereocenters. The second-order valence-corrected chi connectivity index (χ2v) is 8.74. The Morgan fingerprint density at radius 1 is 1.19 bits per heavy atom. The molecule has 140 valence electrons. The third-order valence-corrected chi connectivity index (χ3v) is 6.44. The SMILES string of the molecule is CN(CC(=O)N[C@@H](c1ccccc1)C1CC1)S(=O)(=O)c1ccc(C#N)cc1. The number of hydrogen-bond acceptors (Lipinski definition) is 4. The fourth-order valence-electron chi connectivity index (χ4n) is 2.95. The average molecular weight is 383 g/mol. The number of sulfonamides is 1. The zero-order valence-corrected chi connectivity index (χ0v) is 15.8. The van der Waals surface area contributed by atoms with E-state index in [0.29, 0.717) is 11.5 Å². The molecule has 1 aliphatic rings. The first-order chi connectivity index (χ1) is 12.9. The zero-order valence-electron chi connectivity index (χ0n) is 15.0. The summed E-state index contributed by atoms with van der Waals surface area (Å²) in [5, 5.41) is 11.8. The van der Waals surface area contributed by atoms with Gasteiger partial charge in [0.2, 0.25) is 15.9 Å². The van der Waals surface area contributed by atoms with Gasteiger partial charge in [0.25, 0.3) is 0 Å². The molecule has 6 nitrogen and oxygen atoms in total. The third-order valence-electron chi connectivity index (χ3n) is 4.63. The average Bonchev–Trinajstić information content (AvgIpc) is 3.52. The topological polar surface area (TPSA) is 90.3 Å². The van der Waals surface area contributed by atoms with Crippen LogP contribution in [0.1, 0.15) is 30.0 Å². The van der Waals surface area contributed by atoms with Crippen LogP contribution in [0.25, 0.3) is 0 Å². The second-order valence-electron chi connectivity index (χ2n) is 6.69. The molecule has 27 heavy (non-hydrogen) atoms. The Morgan fingerprint density at radius 2 is 1.81 bits per heavy atom. The fraction of sp³-hybridized carbons (Fsp3) is 0.300. The number of hydrogen-bond donors (Lipinski definition) is 1. The number of nitriles is 1. The molecular weight excluding hydrogens is 362 g/mol. The Hall–Kier alpha value is -2.69. The molecule has 0 unspecified atom stereocenters. The van der Waals surface area contributed by atoms with Gasteiger partial charge in [0.1, 0.15) is 0 Å². The molecule has 7 heteroatoms. The van der Waals surface area contributed by atoms with Crippen molar-refractivity contribution in [2.24, 2.45) is 5.92 Å². The number of likely N-dealkylation sites (N-methyl/N-ethyl adjacent to an activating group) is 1. The highest BCUT2D eigenvalue weighted by Crippen LogP contribution is 2.40. The van der Waals surface area contributed by atoms with Crippen LogP contribution in [0.15, 0.2) is 59.5 Å². The van der Waals surface area contributed by atoms with Crippen molar-refractivity contribution in [3.63, 3.8) is 0 Å². The van der Waals surface area contributed by atoms with E-state index in [0.717, 1.165) is 22.7 Å². The van der Waals surface area contributed by atoms with Crippen LogP contribution in [0.3, 0.4) is 0 Å². The lowest BCUT2D eigenvalue weighted by Gasteiger charge is -2.22. The maximum absolute atomic E-state index is 12.6. The molecular formula is C20H21N3O3S. The number of carbonyl (C=O) groups excluding carboxylic acids is 1. The van der Waals surface area contributed by atoms with Crippen LogP contribution < -0.4 is 5.32 Å². The summed E-state index contributed by atoms with van der Waals surface area (Å²) in [5.74, 6) is 0.0623.